The summed E-state index contributed by atoms with van der Waals surface area (Å²) in [6, 6.07) is 17.2. The number of carboxylic acids is 1. The first-order valence-electron chi connectivity index (χ1n) is 36.7. The summed E-state index contributed by atoms with van der Waals surface area (Å²) in [6.45, 7) is 22.7. The fourth-order valence-corrected chi connectivity index (χ4v) is 13.5. The quantitative estimate of drug-likeness (QED) is 0.0203. The van der Waals surface area contributed by atoms with Crippen LogP contribution in [0, 0.1) is 29.6 Å². The predicted molar refractivity (Wildman–Crippen MR) is 402 cm³/mol. The molecule has 27 heteroatoms. The molecular weight excluding hydrogens is 1340 g/mol. The monoisotopic (exact) mass is 1460 g/mol. The number of carbonyl (C=O) groups is 11. The van der Waals surface area contributed by atoms with E-state index in [4.69, 9.17) is 19.9 Å². The number of carboxylic acid groups (broad SMARTS) is 1. The van der Waals surface area contributed by atoms with Gasteiger partial charge in [-0.15, -0.1) is 0 Å². The van der Waals surface area contributed by atoms with Gasteiger partial charge in [0.1, 0.15) is 30.8 Å². The Morgan fingerprint density at radius 3 is 1.92 bits per heavy atom. The molecule has 1 fully saturated rings. The Labute approximate surface area is 619 Å². The Balaban J connectivity index is 1.13. The maximum atomic E-state index is 14.9. The molecule has 3 aromatic rings. The second kappa shape index (κ2) is 42.7. The lowest BCUT2D eigenvalue weighted by molar-refractivity contribution is -0.147. The number of imide groups is 1. The summed E-state index contributed by atoms with van der Waals surface area (Å²) in [5, 5.41) is 27.2. The zero-order chi connectivity index (χ0) is 77.8. The van der Waals surface area contributed by atoms with E-state index in [1.165, 1.54) is 17.1 Å². The SMILES string of the molecule is C=C(N[C@@H](Cc1ccccc1)C(=O)O)[C@H](C)[C@@H](OC)[C@@H]1CCCN1C(=O)C[C@@H](OC)[C@H]([C@@H](C)CC)N(C)C(=O)[C@@H](NC(=O)[C@H](C(C)C)N(C)CCc1ccc(N(C)C(=O)OCc2ccc(NC(=O)[C@H](CCCNC(N)=O)NC(=O)[C@@H](NC(=O)CCCCCN3C(=O)C=CC3=O)C(C)C)cc2)cc1)C(C)C. The molecule has 0 saturated carbocycles. The van der Waals surface area contributed by atoms with Crippen LogP contribution in [-0.2, 0) is 76.8 Å². The summed E-state index contributed by atoms with van der Waals surface area (Å²) >= 11 is 0. The van der Waals surface area contributed by atoms with Gasteiger partial charge in [0.05, 0.1) is 36.8 Å². The van der Waals surface area contributed by atoms with Crippen LogP contribution in [0.3, 0.4) is 0 Å². The lowest BCUT2D eigenvalue weighted by atomic mass is 9.89. The van der Waals surface area contributed by atoms with E-state index in [1.54, 1.807) is 83.5 Å². The van der Waals surface area contributed by atoms with Crippen molar-refractivity contribution in [1.82, 2.24) is 46.2 Å². The van der Waals surface area contributed by atoms with Crippen LogP contribution in [0.4, 0.5) is 21.0 Å². The third kappa shape index (κ3) is 26.1. The number of carbonyl (C=O) groups excluding carboxylic acids is 10. The van der Waals surface area contributed by atoms with Gasteiger partial charge in [-0.3, -0.25) is 53.1 Å². The molecule has 0 radical (unpaired) electrons. The molecule has 9 N–H and O–H groups in total. The van der Waals surface area contributed by atoms with Crippen molar-refractivity contribution in [3.8, 4) is 0 Å². The number of nitrogens with two attached hydrogens (primary N) is 1. The molecule has 2 aliphatic rings. The first-order chi connectivity index (χ1) is 49.8. The number of hydrogen-bond donors (Lipinski definition) is 8. The van der Waals surface area contributed by atoms with E-state index in [0.717, 1.165) is 22.4 Å². The number of ether oxygens (including phenoxy) is 3. The van der Waals surface area contributed by atoms with Gasteiger partial charge in [-0.05, 0) is 117 Å². The summed E-state index contributed by atoms with van der Waals surface area (Å²) in [5.74, 6) is -5.31. The Hall–Kier alpha value is -9.21. The molecule has 0 bridgehead atoms. The summed E-state index contributed by atoms with van der Waals surface area (Å²) < 4.78 is 17.9. The minimum atomic E-state index is -1.08. The Morgan fingerprint density at radius 2 is 1.34 bits per heavy atom. The van der Waals surface area contributed by atoms with Crippen molar-refractivity contribution in [3.63, 3.8) is 0 Å². The second-order valence-electron chi connectivity index (χ2n) is 28.7. The molecule has 0 unspecified atom stereocenters. The van der Waals surface area contributed by atoms with Gasteiger partial charge in [0.25, 0.3) is 11.8 Å². The zero-order valence-corrected chi connectivity index (χ0v) is 63.9. The molecular formula is C78H116N12O15. The fourth-order valence-electron chi connectivity index (χ4n) is 13.5. The normalized spacial score (nSPS) is 16.5. The highest BCUT2D eigenvalue weighted by atomic mass is 16.6. The highest BCUT2D eigenvalue weighted by Gasteiger charge is 2.43. The molecule has 11 amide bonds. The Kier molecular flexibility index (Phi) is 35.1. The Bertz CT molecular complexity index is 3410. The zero-order valence-electron chi connectivity index (χ0n) is 63.9. The highest BCUT2D eigenvalue weighted by molar-refractivity contribution is 6.12. The average Bonchev–Trinajstić information content (AvgIpc) is 1.76. The van der Waals surface area contributed by atoms with Crippen LogP contribution >= 0.6 is 0 Å². The maximum absolute atomic E-state index is 14.9. The smallest absolute Gasteiger partial charge is 0.414 e. The van der Waals surface area contributed by atoms with E-state index in [0.29, 0.717) is 74.2 Å². The lowest BCUT2D eigenvalue weighted by Gasteiger charge is -2.41. The van der Waals surface area contributed by atoms with Gasteiger partial charge in [-0.1, -0.05) is 136 Å². The third-order valence-electron chi connectivity index (χ3n) is 19.9. The number of amides is 11. The van der Waals surface area contributed by atoms with Crippen molar-refractivity contribution < 1.29 is 72.1 Å². The first-order valence-corrected chi connectivity index (χ1v) is 36.7. The number of nitrogens with zero attached hydrogens (tertiary/aromatic N) is 5. The molecule has 105 heavy (non-hydrogen) atoms. The van der Waals surface area contributed by atoms with Gasteiger partial charge >= 0.3 is 18.1 Å². The largest absolute Gasteiger partial charge is 0.480 e. The van der Waals surface area contributed by atoms with Crippen LogP contribution in [0.15, 0.2) is 103 Å². The van der Waals surface area contributed by atoms with Crippen molar-refractivity contribution in [1.29, 1.82) is 0 Å². The highest BCUT2D eigenvalue weighted by Crippen LogP contribution is 2.32. The van der Waals surface area contributed by atoms with Crippen molar-refractivity contribution >= 4 is 76.7 Å². The number of aliphatic carboxylic acids is 1. The number of likely N-dealkylation sites (tertiary alicyclic amines) is 1. The molecule has 27 nitrogen and oxygen atoms in total. The van der Waals surface area contributed by atoms with Gasteiger partial charge < -0.3 is 66.8 Å². The standard InChI is InChI=1S/C78H116N12O15/c1-16-51(8)70(62(103-14)46-66(94)89-43-24-28-61(89)71(104-15)52(9)53(10)81-60(76(99)100)45-55-25-19-17-20-26-55)88(13)75(98)68(49(4)5)85-74(97)69(50(6)7)86(11)44-40-54-32-36-58(37-33-54)87(12)78(102)105-47-56-30-34-57(35-31-56)82-72(95)59(27-23-41-80-77(79)101)83-73(96)67(48(2)3)84-63(91)29-21-18-22-42-90-64(92)38-39-65(90)93/h17,19-20,25-26,30-39,48-52,59-62,67-71,81H,10,16,18,21-24,27-29,40-47H2,1-9,11-15H3,(H,82,95)(H,83,96)(H,84,91)(H,85,97)(H,99,100)(H3,79,80,101)/t51-,52-,59-,60-,61-,62+,67-,68-,69-,70-,71+/m0/s1. The van der Waals surface area contributed by atoms with E-state index >= 15 is 0 Å². The second-order valence-corrected chi connectivity index (χ2v) is 28.7. The van der Waals surface area contributed by atoms with Crippen LogP contribution in [0.25, 0.3) is 0 Å². The van der Waals surface area contributed by atoms with Crippen LogP contribution in [-0.4, -0.2) is 206 Å². The number of anilines is 2. The summed E-state index contributed by atoms with van der Waals surface area (Å²) in [6.07, 6.45) is 5.49. The topological polar surface area (TPSA) is 350 Å². The number of likely N-dealkylation sites (N-methyl/N-ethyl adjacent to an activating group) is 2. The van der Waals surface area contributed by atoms with Crippen molar-refractivity contribution in [2.75, 3.05) is 71.8 Å². The van der Waals surface area contributed by atoms with Crippen LogP contribution in [0.5, 0.6) is 0 Å². The number of methoxy groups -OCH3 is 2. The molecule has 0 spiro atoms. The van der Waals surface area contributed by atoms with Gasteiger partial charge in [-0.2, -0.15) is 0 Å². The van der Waals surface area contributed by atoms with E-state index in [2.05, 4.69) is 38.5 Å². The van der Waals surface area contributed by atoms with Gasteiger partial charge in [0.2, 0.25) is 35.4 Å². The average molecular weight is 1460 g/mol. The van der Waals surface area contributed by atoms with E-state index in [-0.39, 0.29) is 123 Å². The molecule has 3 aromatic carbocycles. The number of rotatable bonds is 44. The first kappa shape index (κ1) is 86.4. The van der Waals surface area contributed by atoms with Crippen LogP contribution < -0.4 is 42.5 Å². The third-order valence-corrected chi connectivity index (χ3v) is 19.9. The maximum Gasteiger partial charge on any atom is 0.414 e. The summed E-state index contributed by atoms with van der Waals surface area (Å²) in [4.78, 5) is 153. The van der Waals surface area contributed by atoms with E-state index < -0.39 is 78.4 Å². The van der Waals surface area contributed by atoms with Crippen molar-refractivity contribution in [2.24, 2.45) is 35.3 Å². The van der Waals surface area contributed by atoms with Gasteiger partial charge in [0.15, 0.2) is 0 Å². The molecule has 5 rings (SSSR count). The lowest BCUT2D eigenvalue weighted by Crippen LogP contribution is -2.60. The number of urea groups is 1. The minimum absolute atomic E-state index is 0.0243. The van der Waals surface area contributed by atoms with E-state index in [9.17, 15) is 57.8 Å². The number of primary amides is 1. The van der Waals surface area contributed by atoms with Crippen molar-refractivity contribution in [3.05, 3.63) is 120 Å². The number of nitrogens with one attached hydrogen (secondary N) is 6. The predicted octanol–water partition coefficient (Wildman–Crippen LogP) is 7.32. The van der Waals surface area contributed by atoms with Crippen LogP contribution in [0.2, 0.25) is 0 Å². The molecule has 0 aromatic heterocycles. The molecule has 578 valence electrons. The number of hydrogen-bond acceptors (Lipinski definition) is 16. The summed E-state index contributed by atoms with van der Waals surface area (Å²) in [7, 11) is 8.31. The molecule has 2 heterocycles. The number of benzene rings is 3. The molecule has 1 saturated heterocycles. The molecule has 2 aliphatic heterocycles. The van der Waals surface area contributed by atoms with Gasteiger partial charge in [0, 0.05) is 102 Å². The molecule has 11 atom stereocenters. The summed E-state index contributed by atoms with van der Waals surface area (Å²) in [5.41, 5.74) is 9.12. The fraction of sp³-hybridized carbons (Fsp3) is 0.577. The minimum Gasteiger partial charge on any atom is -0.480 e. The van der Waals surface area contributed by atoms with E-state index in [1.807, 2.05) is 108 Å². The van der Waals surface area contributed by atoms with Gasteiger partial charge in [-0.25, -0.2) is 14.4 Å². The number of unbranched alkanes of at least 4 members (excludes halogenated alkanes) is 2. The molecule has 0 aliphatic carbocycles. The van der Waals surface area contributed by atoms with Crippen LogP contribution in [0.1, 0.15) is 143 Å². The Morgan fingerprint density at radius 1 is 0.705 bits per heavy atom. The van der Waals surface area contributed by atoms with Crippen molar-refractivity contribution in [2.45, 2.75) is 200 Å².